The molecule has 0 aliphatic carbocycles. The van der Waals surface area contributed by atoms with Crippen LogP contribution in [-0.2, 0) is 11.3 Å². The molecule has 0 radical (unpaired) electrons. The molecule has 8 heteroatoms. The van der Waals surface area contributed by atoms with Crippen molar-refractivity contribution in [2.45, 2.75) is 23.9 Å². The van der Waals surface area contributed by atoms with Gasteiger partial charge in [0.1, 0.15) is 11.6 Å². The fourth-order valence-corrected chi connectivity index (χ4v) is 2.61. The van der Waals surface area contributed by atoms with Crippen molar-refractivity contribution < 1.29 is 4.79 Å². The lowest BCUT2D eigenvalue weighted by atomic mass is 10.2. The maximum absolute atomic E-state index is 12.1. The normalized spacial score (nSPS) is 11.9. The molecule has 22 heavy (non-hydrogen) atoms. The summed E-state index contributed by atoms with van der Waals surface area (Å²) in [6.07, 6.45) is 0. The molecule has 0 fully saturated rings. The van der Waals surface area contributed by atoms with Crippen molar-refractivity contribution in [3.8, 4) is 0 Å². The van der Waals surface area contributed by atoms with Crippen molar-refractivity contribution in [1.82, 2.24) is 15.3 Å². The van der Waals surface area contributed by atoms with Crippen molar-refractivity contribution in [1.29, 1.82) is 0 Å². The highest BCUT2D eigenvalue weighted by Crippen LogP contribution is 2.21. The standard InChI is InChI=1S/C14H16ClN5OS/c1-8(22-14-19-11(16)6-12(17)20-14)13(21)18-7-9-2-4-10(15)5-3-9/h2-6,8H,7H2,1H3,(H,18,21)(H4,16,17,19,20). The summed E-state index contributed by atoms with van der Waals surface area (Å²) >= 11 is 7.02. The van der Waals surface area contributed by atoms with Gasteiger partial charge in [0.25, 0.3) is 0 Å². The van der Waals surface area contributed by atoms with Crippen LogP contribution in [-0.4, -0.2) is 21.1 Å². The van der Waals surface area contributed by atoms with E-state index in [0.29, 0.717) is 16.7 Å². The number of amides is 1. The molecule has 0 aliphatic rings. The van der Waals surface area contributed by atoms with Crippen LogP contribution in [0.15, 0.2) is 35.5 Å². The summed E-state index contributed by atoms with van der Waals surface area (Å²) in [7, 11) is 0. The van der Waals surface area contributed by atoms with E-state index in [0.717, 1.165) is 5.56 Å². The highest BCUT2D eigenvalue weighted by atomic mass is 35.5. The Kier molecular flexibility index (Phi) is 5.46. The molecule has 0 bridgehead atoms. The first kappa shape index (κ1) is 16.4. The van der Waals surface area contributed by atoms with E-state index in [1.54, 1.807) is 19.1 Å². The summed E-state index contributed by atoms with van der Waals surface area (Å²) < 4.78 is 0. The van der Waals surface area contributed by atoms with E-state index >= 15 is 0 Å². The summed E-state index contributed by atoms with van der Waals surface area (Å²) in [4.78, 5) is 20.2. The number of nitrogen functional groups attached to an aromatic ring is 2. The summed E-state index contributed by atoms with van der Waals surface area (Å²) in [6.45, 7) is 2.20. The molecule has 2 rings (SSSR count). The second kappa shape index (κ2) is 7.33. The molecule has 0 saturated carbocycles. The number of carbonyl (C=O) groups is 1. The molecule has 0 aliphatic heterocycles. The van der Waals surface area contributed by atoms with Crippen LogP contribution in [0.3, 0.4) is 0 Å². The van der Waals surface area contributed by atoms with Crippen molar-refractivity contribution in [3.63, 3.8) is 0 Å². The molecular formula is C14H16ClN5OS. The van der Waals surface area contributed by atoms with Gasteiger partial charge in [-0.15, -0.1) is 0 Å². The number of benzene rings is 1. The molecule has 1 aromatic carbocycles. The zero-order chi connectivity index (χ0) is 16.1. The van der Waals surface area contributed by atoms with E-state index in [1.165, 1.54) is 17.8 Å². The Morgan fingerprint density at radius 1 is 1.27 bits per heavy atom. The lowest BCUT2D eigenvalue weighted by Gasteiger charge is -2.11. The van der Waals surface area contributed by atoms with Gasteiger partial charge in [-0.25, -0.2) is 9.97 Å². The van der Waals surface area contributed by atoms with Gasteiger partial charge in [-0.3, -0.25) is 4.79 Å². The van der Waals surface area contributed by atoms with Gasteiger partial charge in [0.05, 0.1) is 5.25 Å². The highest BCUT2D eigenvalue weighted by molar-refractivity contribution is 8.00. The van der Waals surface area contributed by atoms with Crippen LogP contribution in [0.1, 0.15) is 12.5 Å². The molecule has 0 saturated heterocycles. The lowest BCUT2D eigenvalue weighted by molar-refractivity contribution is -0.120. The maximum Gasteiger partial charge on any atom is 0.233 e. The fraction of sp³-hybridized carbons (Fsp3) is 0.214. The topological polar surface area (TPSA) is 107 Å². The van der Waals surface area contributed by atoms with Crippen LogP contribution >= 0.6 is 23.4 Å². The Hall–Kier alpha value is -1.99. The van der Waals surface area contributed by atoms with E-state index in [-0.39, 0.29) is 22.8 Å². The second-order valence-corrected chi connectivity index (χ2v) is 6.35. The van der Waals surface area contributed by atoms with Gasteiger partial charge in [0.15, 0.2) is 5.16 Å². The third-order valence-electron chi connectivity index (χ3n) is 2.78. The second-order valence-electron chi connectivity index (χ2n) is 4.60. The maximum atomic E-state index is 12.1. The third-order valence-corrected chi connectivity index (χ3v) is 3.99. The number of aromatic nitrogens is 2. The minimum Gasteiger partial charge on any atom is -0.383 e. The number of nitrogens with one attached hydrogen (secondary N) is 1. The fourth-order valence-electron chi connectivity index (χ4n) is 1.66. The van der Waals surface area contributed by atoms with Crippen LogP contribution in [0.5, 0.6) is 0 Å². The van der Waals surface area contributed by atoms with Crippen molar-refractivity contribution in [2.75, 3.05) is 11.5 Å². The predicted octanol–water partition coefficient (Wildman–Crippen LogP) is 2.09. The highest BCUT2D eigenvalue weighted by Gasteiger charge is 2.16. The molecule has 1 unspecified atom stereocenters. The van der Waals surface area contributed by atoms with E-state index in [1.807, 2.05) is 12.1 Å². The Labute approximate surface area is 137 Å². The summed E-state index contributed by atoms with van der Waals surface area (Å²) in [5.74, 6) is 0.442. The number of nitrogens with zero attached hydrogens (tertiary/aromatic N) is 2. The van der Waals surface area contributed by atoms with Gasteiger partial charge in [0, 0.05) is 17.6 Å². The number of hydrogen-bond acceptors (Lipinski definition) is 6. The van der Waals surface area contributed by atoms with Gasteiger partial charge in [0.2, 0.25) is 5.91 Å². The summed E-state index contributed by atoms with van der Waals surface area (Å²) in [6, 6.07) is 8.76. The summed E-state index contributed by atoms with van der Waals surface area (Å²) in [5.41, 5.74) is 12.2. The smallest absolute Gasteiger partial charge is 0.233 e. The van der Waals surface area contributed by atoms with Crippen LogP contribution < -0.4 is 16.8 Å². The zero-order valence-electron chi connectivity index (χ0n) is 11.9. The molecular weight excluding hydrogens is 322 g/mol. The van der Waals surface area contributed by atoms with Gasteiger partial charge in [-0.05, 0) is 24.6 Å². The molecule has 1 amide bonds. The van der Waals surface area contributed by atoms with Crippen molar-refractivity contribution >= 4 is 40.9 Å². The molecule has 1 heterocycles. The van der Waals surface area contributed by atoms with Gasteiger partial charge in [-0.2, -0.15) is 0 Å². The Morgan fingerprint density at radius 3 is 2.45 bits per heavy atom. The number of thioether (sulfide) groups is 1. The van der Waals surface area contributed by atoms with E-state index < -0.39 is 0 Å². The van der Waals surface area contributed by atoms with Crippen LogP contribution in [0.25, 0.3) is 0 Å². The Bertz CT molecular complexity index is 645. The third kappa shape index (κ3) is 4.78. The first-order valence-corrected chi connectivity index (χ1v) is 7.78. The number of nitrogens with two attached hydrogens (primary N) is 2. The molecule has 6 nitrogen and oxygen atoms in total. The van der Waals surface area contributed by atoms with Crippen molar-refractivity contribution in [3.05, 3.63) is 40.9 Å². The van der Waals surface area contributed by atoms with Gasteiger partial charge in [-0.1, -0.05) is 35.5 Å². The number of carbonyl (C=O) groups excluding carboxylic acids is 1. The minimum atomic E-state index is -0.367. The monoisotopic (exact) mass is 337 g/mol. The first-order chi connectivity index (χ1) is 10.4. The number of halogens is 1. The SMILES string of the molecule is CC(Sc1nc(N)cc(N)n1)C(=O)NCc1ccc(Cl)cc1. The zero-order valence-corrected chi connectivity index (χ0v) is 13.5. The van der Waals surface area contributed by atoms with Crippen molar-refractivity contribution in [2.24, 2.45) is 0 Å². The molecule has 116 valence electrons. The predicted molar refractivity (Wildman–Crippen MR) is 89.5 cm³/mol. The van der Waals surface area contributed by atoms with E-state index in [2.05, 4.69) is 15.3 Å². The quantitative estimate of drug-likeness (QED) is 0.569. The molecule has 1 aromatic heterocycles. The minimum absolute atomic E-state index is 0.121. The average Bonchev–Trinajstić information content (AvgIpc) is 2.45. The average molecular weight is 338 g/mol. The van der Waals surface area contributed by atoms with Gasteiger partial charge >= 0.3 is 0 Å². The largest absolute Gasteiger partial charge is 0.383 e. The van der Waals surface area contributed by atoms with Crippen LogP contribution in [0, 0.1) is 0 Å². The number of hydrogen-bond donors (Lipinski definition) is 3. The van der Waals surface area contributed by atoms with Crippen LogP contribution in [0.4, 0.5) is 11.6 Å². The van der Waals surface area contributed by atoms with Gasteiger partial charge < -0.3 is 16.8 Å². The number of rotatable bonds is 5. The number of anilines is 2. The first-order valence-electron chi connectivity index (χ1n) is 6.53. The summed E-state index contributed by atoms with van der Waals surface area (Å²) in [5, 5.41) is 3.52. The molecule has 2 aromatic rings. The Balaban J connectivity index is 1.90. The molecule has 0 spiro atoms. The lowest BCUT2D eigenvalue weighted by Crippen LogP contribution is -2.30. The van der Waals surface area contributed by atoms with Crippen LogP contribution in [0.2, 0.25) is 5.02 Å². The van der Waals surface area contributed by atoms with E-state index in [4.69, 9.17) is 23.1 Å². The molecule has 5 N–H and O–H groups in total. The Morgan fingerprint density at radius 2 is 1.86 bits per heavy atom. The van der Waals surface area contributed by atoms with E-state index in [9.17, 15) is 4.79 Å². The molecule has 1 atom stereocenters.